The number of hydrogen-bond acceptors (Lipinski definition) is 7. The van der Waals surface area contributed by atoms with Crippen molar-refractivity contribution in [2.45, 2.75) is 32.6 Å². The predicted octanol–water partition coefficient (Wildman–Crippen LogP) is 5.04. The summed E-state index contributed by atoms with van der Waals surface area (Å²) in [5.74, 6) is 0.00658. The zero-order valence-corrected chi connectivity index (χ0v) is 23.6. The fraction of sp³-hybridized carbons (Fsp3) is 0.312. The van der Waals surface area contributed by atoms with Gasteiger partial charge in [-0.25, -0.2) is 0 Å². The molecule has 3 aromatic rings. The third kappa shape index (κ3) is 6.46. The highest BCUT2D eigenvalue weighted by Gasteiger charge is 2.46. The molecule has 1 unspecified atom stereocenters. The standard InChI is InChI=1S/C32H36N2O6/c1-21(2)40-25-14-11-23(12-15-25)30(35)28-29(34(18-17-33(3)4)32(37)31(28)36)24-13-16-26(27(19-24)38-5)39-20-22-9-7-6-8-10-22/h6-16,19,21,29,35H,17-18,20H2,1-5H3/b30-28+. The molecule has 1 atom stereocenters. The number of hydrogen-bond donors (Lipinski definition) is 1. The van der Waals surface area contributed by atoms with E-state index in [4.69, 9.17) is 14.2 Å². The number of amides is 1. The quantitative estimate of drug-likeness (QED) is 0.205. The Morgan fingerprint density at radius 2 is 1.68 bits per heavy atom. The number of ether oxygens (including phenoxy) is 3. The largest absolute Gasteiger partial charge is 0.507 e. The maximum atomic E-state index is 13.3. The van der Waals surface area contributed by atoms with E-state index in [1.165, 1.54) is 12.0 Å². The monoisotopic (exact) mass is 544 g/mol. The highest BCUT2D eigenvalue weighted by atomic mass is 16.5. The minimum atomic E-state index is -0.802. The van der Waals surface area contributed by atoms with Crippen molar-refractivity contribution in [1.29, 1.82) is 0 Å². The summed E-state index contributed by atoms with van der Waals surface area (Å²) in [5.41, 5.74) is 2.08. The molecule has 1 saturated heterocycles. The molecule has 0 spiro atoms. The van der Waals surface area contributed by atoms with Crippen molar-refractivity contribution in [1.82, 2.24) is 9.80 Å². The van der Waals surface area contributed by atoms with Crippen LogP contribution in [0.4, 0.5) is 0 Å². The van der Waals surface area contributed by atoms with Gasteiger partial charge in [0.2, 0.25) is 0 Å². The molecule has 8 heteroatoms. The van der Waals surface area contributed by atoms with Gasteiger partial charge in [-0.3, -0.25) is 9.59 Å². The molecule has 0 radical (unpaired) electrons. The Balaban J connectivity index is 1.73. The molecule has 1 aliphatic heterocycles. The normalized spacial score (nSPS) is 16.6. The van der Waals surface area contributed by atoms with E-state index in [1.807, 2.05) is 63.2 Å². The summed E-state index contributed by atoms with van der Waals surface area (Å²) in [6, 6.07) is 21.1. The average Bonchev–Trinajstić information content (AvgIpc) is 3.20. The van der Waals surface area contributed by atoms with E-state index in [0.29, 0.717) is 48.1 Å². The van der Waals surface area contributed by atoms with E-state index in [2.05, 4.69) is 0 Å². The summed E-state index contributed by atoms with van der Waals surface area (Å²) in [4.78, 5) is 30.0. The van der Waals surface area contributed by atoms with E-state index in [0.717, 1.165) is 5.56 Å². The molecular formula is C32H36N2O6. The van der Waals surface area contributed by atoms with Gasteiger partial charge in [0.1, 0.15) is 18.1 Å². The predicted molar refractivity (Wildman–Crippen MR) is 154 cm³/mol. The number of aliphatic hydroxyl groups is 1. The van der Waals surface area contributed by atoms with Crippen molar-refractivity contribution in [3.8, 4) is 17.2 Å². The van der Waals surface area contributed by atoms with Crippen LogP contribution in [-0.4, -0.2) is 67.0 Å². The number of likely N-dealkylation sites (N-methyl/N-ethyl adjacent to an activating group) is 1. The lowest BCUT2D eigenvalue weighted by molar-refractivity contribution is -0.140. The van der Waals surface area contributed by atoms with Crippen LogP contribution in [-0.2, 0) is 16.2 Å². The third-order valence-electron chi connectivity index (χ3n) is 6.57. The smallest absolute Gasteiger partial charge is 0.295 e. The van der Waals surface area contributed by atoms with Gasteiger partial charge in [-0.05, 0) is 75.5 Å². The molecule has 0 bridgehead atoms. The molecule has 1 heterocycles. The first-order valence-electron chi connectivity index (χ1n) is 13.2. The molecule has 0 aromatic heterocycles. The molecule has 40 heavy (non-hydrogen) atoms. The van der Waals surface area contributed by atoms with Crippen LogP contribution in [0.15, 0.2) is 78.4 Å². The molecule has 0 aliphatic carbocycles. The van der Waals surface area contributed by atoms with Gasteiger partial charge in [0.25, 0.3) is 11.7 Å². The summed E-state index contributed by atoms with van der Waals surface area (Å²) in [7, 11) is 5.33. The number of ketones is 1. The van der Waals surface area contributed by atoms with Crippen LogP contribution >= 0.6 is 0 Å². The third-order valence-corrected chi connectivity index (χ3v) is 6.57. The Hall–Kier alpha value is -4.30. The Morgan fingerprint density at radius 1 is 0.975 bits per heavy atom. The topological polar surface area (TPSA) is 88.5 Å². The van der Waals surface area contributed by atoms with Gasteiger partial charge in [0.15, 0.2) is 11.5 Å². The van der Waals surface area contributed by atoms with E-state index < -0.39 is 17.7 Å². The van der Waals surface area contributed by atoms with Crippen LogP contribution in [0.1, 0.15) is 36.6 Å². The Kier molecular flexibility index (Phi) is 9.11. The Bertz CT molecular complexity index is 1370. The zero-order chi connectivity index (χ0) is 28.8. The molecule has 3 aromatic carbocycles. The average molecular weight is 545 g/mol. The number of rotatable bonds is 11. The summed E-state index contributed by atoms with van der Waals surface area (Å²) in [6.45, 7) is 5.05. The van der Waals surface area contributed by atoms with Gasteiger partial charge < -0.3 is 29.1 Å². The van der Waals surface area contributed by atoms with Gasteiger partial charge >= 0.3 is 0 Å². The molecule has 1 aliphatic rings. The number of methoxy groups -OCH3 is 1. The van der Waals surface area contributed by atoms with Crippen LogP contribution in [0.3, 0.4) is 0 Å². The van der Waals surface area contributed by atoms with Crippen molar-refractivity contribution >= 4 is 17.4 Å². The summed E-state index contributed by atoms with van der Waals surface area (Å²) < 4.78 is 17.3. The van der Waals surface area contributed by atoms with Crippen molar-refractivity contribution < 1.29 is 28.9 Å². The van der Waals surface area contributed by atoms with E-state index in [-0.39, 0.29) is 17.4 Å². The van der Waals surface area contributed by atoms with E-state index in [1.54, 1.807) is 42.5 Å². The second-order valence-corrected chi connectivity index (χ2v) is 10.2. The molecule has 1 fully saturated rings. The molecule has 1 N–H and O–H groups in total. The van der Waals surface area contributed by atoms with Crippen LogP contribution in [0.25, 0.3) is 5.76 Å². The SMILES string of the molecule is COc1cc(C2/C(=C(\O)c3ccc(OC(C)C)cc3)C(=O)C(=O)N2CCN(C)C)ccc1OCc1ccccc1. The first-order valence-corrected chi connectivity index (χ1v) is 13.2. The van der Waals surface area contributed by atoms with Crippen molar-refractivity contribution in [2.75, 3.05) is 34.3 Å². The first kappa shape index (κ1) is 28.7. The van der Waals surface area contributed by atoms with Crippen molar-refractivity contribution in [3.63, 3.8) is 0 Å². The number of benzene rings is 3. The molecule has 210 valence electrons. The number of carbonyl (C=O) groups is 2. The van der Waals surface area contributed by atoms with Crippen LogP contribution in [0, 0.1) is 0 Å². The molecule has 4 rings (SSSR count). The van der Waals surface area contributed by atoms with Gasteiger partial charge in [0.05, 0.1) is 24.8 Å². The minimum absolute atomic E-state index is 0.00362. The molecular weight excluding hydrogens is 508 g/mol. The molecule has 1 amide bonds. The highest BCUT2D eigenvalue weighted by Crippen LogP contribution is 2.42. The van der Waals surface area contributed by atoms with Crippen LogP contribution in [0.5, 0.6) is 17.2 Å². The van der Waals surface area contributed by atoms with Gasteiger partial charge in [-0.1, -0.05) is 36.4 Å². The lowest BCUT2D eigenvalue weighted by Gasteiger charge is -2.27. The first-order chi connectivity index (χ1) is 19.2. The number of carbonyl (C=O) groups excluding carboxylic acids is 2. The maximum absolute atomic E-state index is 13.3. The fourth-order valence-corrected chi connectivity index (χ4v) is 4.59. The van der Waals surface area contributed by atoms with E-state index in [9.17, 15) is 14.7 Å². The Morgan fingerprint density at radius 3 is 2.30 bits per heavy atom. The molecule has 0 saturated carbocycles. The van der Waals surface area contributed by atoms with Gasteiger partial charge in [-0.2, -0.15) is 0 Å². The zero-order valence-electron chi connectivity index (χ0n) is 23.6. The van der Waals surface area contributed by atoms with Crippen molar-refractivity contribution in [3.05, 3.63) is 95.1 Å². The number of Topliss-reactive ketones (excluding diaryl/α,β-unsaturated/α-hetero) is 1. The van der Waals surface area contributed by atoms with Crippen LogP contribution in [0.2, 0.25) is 0 Å². The highest BCUT2D eigenvalue weighted by molar-refractivity contribution is 6.46. The Labute approximate surface area is 235 Å². The van der Waals surface area contributed by atoms with Crippen LogP contribution < -0.4 is 14.2 Å². The lowest BCUT2D eigenvalue weighted by Crippen LogP contribution is -2.35. The summed E-state index contributed by atoms with van der Waals surface area (Å²) in [6.07, 6.45) is -0.00362. The van der Waals surface area contributed by atoms with E-state index >= 15 is 0 Å². The van der Waals surface area contributed by atoms with Gasteiger partial charge in [0, 0.05) is 18.7 Å². The van der Waals surface area contributed by atoms with Gasteiger partial charge in [-0.15, -0.1) is 0 Å². The lowest BCUT2D eigenvalue weighted by atomic mass is 9.95. The molecule has 8 nitrogen and oxygen atoms in total. The number of nitrogens with zero attached hydrogens (tertiary/aromatic N) is 2. The second kappa shape index (κ2) is 12.7. The maximum Gasteiger partial charge on any atom is 0.295 e. The fourth-order valence-electron chi connectivity index (χ4n) is 4.59. The minimum Gasteiger partial charge on any atom is -0.507 e. The number of aliphatic hydroxyl groups excluding tert-OH is 1. The second-order valence-electron chi connectivity index (χ2n) is 10.2. The summed E-state index contributed by atoms with van der Waals surface area (Å²) >= 11 is 0. The summed E-state index contributed by atoms with van der Waals surface area (Å²) in [5, 5.41) is 11.4. The number of likely N-dealkylation sites (tertiary alicyclic amines) is 1. The van der Waals surface area contributed by atoms with Crippen molar-refractivity contribution in [2.24, 2.45) is 0 Å².